The van der Waals surface area contributed by atoms with Crippen LogP contribution in [-0.4, -0.2) is 25.8 Å². The highest BCUT2D eigenvalue weighted by Crippen LogP contribution is 2.36. The van der Waals surface area contributed by atoms with Crippen molar-refractivity contribution in [2.24, 2.45) is 5.92 Å². The van der Waals surface area contributed by atoms with Gasteiger partial charge in [-0.15, -0.1) is 0 Å². The van der Waals surface area contributed by atoms with Gasteiger partial charge in [0.15, 0.2) is 9.84 Å². The molecule has 1 aliphatic rings. The fourth-order valence-corrected chi connectivity index (χ4v) is 4.61. The first kappa shape index (κ1) is 18.1. The van der Waals surface area contributed by atoms with Gasteiger partial charge in [-0.25, -0.2) is 8.42 Å². The summed E-state index contributed by atoms with van der Waals surface area (Å²) in [6, 6.07) is 3.14. The van der Waals surface area contributed by atoms with E-state index in [9.17, 15) is 26.4 Å². The lowest BCUT2D eigenvalue weighted by molar-refractivity contribution is -0.137. The highest BCUT2D eigenvalue weighted by molar-refractivity contribution is 7.91. The van der Waals surface area contributed by atoms with E-state index in [4.69, 9.17) is 11.6 Å². The topological polar surface area (TPSA) is 63.2 Å². The summed E-state index contributed by atoms with van der Waals surface area (Å²) in [4.78, 5) is 11.8. The molecule has 1 N–H and O–H groups in total. The van der Waals surface area contributed by atoms with Gasteiger partial charge in [0.2, 0.25) is 5.91 Å². The van der Waals surface area contributed by atoms with Crippen molar-refractivity contribution in [1.82, 2.24) is 0 Å². The highest BCUT2D eigenvalue weighted by atomic mass is 35.5. The van der Waals surface area contributed by atoms with E-state index in [0.29, 0.717) is 12.8 Å². The Morgan fingerprint density at radius 1 is 1.35 bits per heavy atom. The molecule has 0 saturated carbocycles. The second-order valence-electron chi connectivity index (χ2n) is 5.55. The van der Waals surface area contributed by atoms with E-state index in [1.807, 2.05) is 0 Å². The molecule has 0 aromatic heterocycles. The first-order valence-electron chi connectivity index (χ1n) is 6.94. The van der Waals surface area contributed by atoms with E-state index in [-0.39, 0.29) is 29.5 Å². The van der Waals surface area contributed by atoms with E-state index >= 15 is 0 Å². The minimum Gasteiger partial charge on any atom is -0.326 e. The van der Waals surface area contributed by atoms with E-state index in [0.717, 1.165) is 12.1 Å². The van der Waals surface area contributed by atoms with Crippen LogP contribution in [0.3, 0.4) is 0 Å². The molecule has 0 aliphatic carbocycles. The van der Waals surface area contributed by atoms with Gasteiger partial charge < -0.3 is 5.32 Å². The van der Waals surface area contributed by atoms with Gasteiger partial charge in [0.25, 0.3) is 0 Å². The van der Waals surface area contributed by atoms with Crippen molar-refractivity contribution in [1.29, 1.82) is 0 Å². The Morgan fingerprint density at radius 3 is 2.61 bits per heavy atom. The molecule has 1 heterocycles. The van der Waals surface area contributed by atoms with Gasteiger partial charge in [-0.3, -0.25) is 4.79 Å². The molecule has 0 bridgehead atoms. The second-order valence-corrected chi connectivity index (χ2v) is 8.18. The van der Waals surface area contributed by atoms with E-state index < -0.39 is 32.5 Å². The second kappa shape index (κ2) is 6.68. The third-order valence-corrected chi connectivity index (χ3v) is 5.83. The largest absolute Gasteiger partial charge is 0.417 e. The number of carbonyl (C=O) groups excluding carboxylic acids is 1. The normalized spacial score (nSPS) is 20.4. The minimum absolute atomic E-state index is 0.00534. The van der Waals surface area contributed by atoms with Crippen LogP contribution < -0.4 is 5.32 Å². The molecular formula is C14H15ClF3NO3S. The summed E-state index contributed by atoms with van der Waals surface area (Å²) in [6.07, 6.45) is -3.63. The third kappa shape index (κ3) is 5.10. The lowest BCUT2D eigenvalue weighted by atomic mass is 10.0. The summed E-state index contributed by atoms with van der Waals surface area (Å²) in [5.74, 6) is -0.323. The average Bonchev–Trinajstić information content (AvgIpc) is 2.77. The molecule has 1 aromatic carbocycles. The summed E-state index contributed by atoms with van der Waals surface area (Å²) < 4.78 is 60.9. The van der Waals surface area contributed by atoms with Crippen LogP contribution in [0.15, 0.2) is 18.2 Å². The SMILES string of the molecule is O=C(CCC1CCS(=O)(=O)C1)Nc1ccc(Cl)c(C(F)(F)F)c1. The number of alkyl halides is 3. The summed E-state index contributed by atoms with van der Waals surface area (Å²) in [7, 11) is -3.00. The zero-order valence-electron chi connectivity index (χ0n) is 12.0. The Hall–Kier alpha value is -1.28. The van der Waals surface area contributed by atoms with Gasteiger partial charge in [0, 0.05) is 12.1 Å². The number of anilines is 1. The van der Waals surface area contributed by atoms with Crippen LogP contribution in [-0.2, 0) is 20.8 Å². The lowest BCUT2D eigenvalue weighted by Crippen LogP contribution is -2.15. The van der Waals surface area contributed by atoms with Crippen molar-refractivity contribution in [2.75, 3.05) is 16.8 Å². The van der Waals surface area contributed by atoms with Crippen molar-refractivity contribution in [2.45, 2.75) is 25.4 Å². The van der Waals surface area contributed by atoms with Crippen LogP contribution in [0.1, 0.15) is 24.8 Å². The molecule has 1 amide bonds. The molecule has 0 radical (unpaired) electrons. The van der Waals surface area contributed by atoms with Crippen molar-refractivity contribution < 1.29 is 26.4 Å². The Kier molecular flexibility index (Phi) is 5.25. The summed E-state index contributed by atoms with van der Waals surface area (Å²) >= 11 is 5.50. The minimum atomic E-state index is -4.60. The molecule has 4 nitrogen and oxygen atoms in total. The highest BCUT2D eigenvalue weighted by Gasteiger charge is 2.33. The number of amides is 1. The number of hydrogen-bond acceptors (Lipinski definition) is 3. The maximum atomic E-state index is 12.7. The van der Waals surface area contributed by atoms with Gasteiger partial charge in [0.1, 0.15) is 0 Å². The molecule has 23 heavy (non-hydrogen) atoms. The Bertz CT molecular complexity index is 704. The quantitative estimate of drug-likeness (QED) is 0.883. The van der Waals surface area contributed by atoms with E-state index in [1.54, 1.807) is 0 Å². The van der Waals surface area contributed by atoms with Crippen molar-refractivity contribution in [3.63, 3.8) is 0 Å². The maximum absolute atomic E-state index is 12.7. The monoisotopic (exact) mass is 369 g/mol. The first-order valence-corrected chi connectivity index (χ1v) is 9.14. The van der Waals surface area contributed by atoms with Crippen molar-refractivity contribution in [3.8, 4) is 0 Å². The van der Waals surface area contributed by atoms with Crippen molar-refractivity contribution in [3.05, 3.63) is 28.8 Å². The molecule has 1 saturated heterocycles. The van der Waals surface area contributed by atoms with Gasteiger partial charge in [0.05, 0.1) is 22.1 Å². The number of halogens is 4. The van der Waals surface area contributed by atoms with Gasteiger partial charge >= 0.3 is 6.18 Å². The standard InChI is InChI=1S/C14H15ClF3NO3S/c15-12-3-2-10(7-11(12)14(16,17)18)19-13(20)4-1-9-5-6-23(21,22)8-9/h2-3,7,9H,1,4-6,8H2,(H,19,20). The lowest BCUT2D eigenvalue weighted by Gasteiger charge is -2.12. The fraction of sp³-hybridized carbons (Fsp3) is 0.500. The molecule has 9 heteroatoms. The smallest absolute Gasteiger partial charge is 0.326 e. The molecule has 1 unspecified atom stereocenters. The Balaban J connectivity index is 1.93. The van der Waals surface area contributed by atoms with E-state index in [2.05, 4.69) is 5.32 Å². The van der Waals surface area contributed by atoms with Gasteiger partial charge in [-0.2, -0.15) is 13.2 Å². The van der Waals surface area contributed by atoms with E-state index in [1.165, 1.54) is 6.07 Å². The molecule has 0 spiro atoms. The van der Waals surface area contributed by atoms with Crippen molar-refractivity contribution >= 4 is 33.0 Å². The number of nitrogens with one attached hydrogen (secondary N) is 1. The predicted octanol–water partition coefficient (Wildman–Crippen LogP) is 3.51. The van der Waals surface area contributed by atoms with Crippen LogP contribution in [0, 0.1) is 5.92 Å². The molecule has 128 valence electrons. The molecule has 1 aliphatic heterocycles. The van der Waals surface area contributed by atoms with Crippen LogP contribution in [0.25, 0.3) is 0 Å². The molecule has 2 rings (SSSR count). The predicted molar refractivity (Wildman–Crippen MR) is 81.1 cm³/mol. The molecular weight excluding hydrogens is 355 g/mol. The number of carbonyl (C=O) groups is 1. The van der Waals surface area contributed by atoms with Crippen LogP contribution >= 0.6 is 11.6 Å². The summed E-state index contributed by atoms with van der Waals surface area (Å²) in [5.41, 5.74) is -1.01. The number of sulfone groups is 1. The Labute approximate surface area is 136 Å². The van der Waals surface area contributed by atoms with Crippen LogP contribution in [0.4, 0.5) is 18.9 Å². The first-order chi connectivity index (χ1) is 10.6. The average molecular weight is 370 g/mol. The molecule has 1 aromatic rings. The number of benzene rings is 1. The van der Waals surface area contributed by atoms with Crippen LogP contribution in [0.5, 0.6) is 0 Å². The summed E-state index contributed by atoms with van der Waals surface area (Å²) in [6.45, 7) is 0. The summed E-state index contributed by atoms with van der Waals surface area (Å²) in [5, 5.41) is 1.94. The third-order valence-electron chi connectivity index (χ3n) is 3.66. The Morgan fingerprint density at radius 2 is 2.04 bits per heavy atom. The zero-order chi connectivity index (χ0) is 17.3. The van der Waals surface area contributed by atoms with Crippen LogP contribution in [0.2, 0.25) is 5.02 Å². The molecule has 1 fully saturated rings. The number of hydrogen-bond donors (Lipinski definition) is 1. The number of rotatable bonds is 4. The van der Waals surface area contributed by atoms with Gasteiger partial charge in [-0.05, 0) is 37.0 Å². The molecule has 1 atom stereocenters. The maximum Gasteiger partial charge on any atom is 0.417 e. The zero-order valence-corrected chi connectivity index (χ0v) is 13.6. The fourth-order valence-electron chi connectivity index (χ4n) is 2.48. The van der Waals surface area contributed by atoms with Gasteiger partial charge in [-0.1, -0.05) is 11.6 Å².